The van der Waals surface area contributed by atoms with Crippen molar-refractivity contribution in [3.05, 3.63) is 58.9 Å². The summed E-state index contributed by atoms with van der Waals surface area (Å²) in [7, 11) is 0. The smallest absolute Gasteiger partial charge is 0.387 e. The molecule has 0 aliphatic carbocycles. The lowest BCUT2D eigenvalue weighted by molar-refractivity contribution is -0.0507. The Morgan fingerprint density at radius 1 is 1.28 bits per heavy atom. The molecule has 1 aromatic heterocycles. The van der Waals surface area contributed by atoms with Crippen LogP contribution in [0, 0.1) is 17.8 Å². The van der Waals surface area contributed by atoms with Crippen molar-refractivity contribution in [2.24, 2.45) is 5.92 Å². The van der Waals surface area contributed by atoms with Gasteiger partial charge in [0.05, 0.1) is 23.1 Å². The Bertz CT molecular complexity index is 1420. The minimum absolute atomic E-state index is 0.0349. The van der Waals surface area contributed by atoms with Gasteiger partial charge >= 0.3 is 6.61 Å². The van der Waals surface area contributed by atoms with E-state index in [1.165, 1.54) is 18.2 Å². The van der Waals surface area contributed by atoms with E-state index in [1.807, 2.05) is 16.7 Å². The summed E-state index contributed by atoms with van der Waals surface area (Å²) in [6.07, 6.45) is 0.183. The highest BCUT2D eigenvalue weighted by molar-refractivity contribution is 5.97. The van der Waals surface area contributed by atoms with E-state index in [9.17, 15) is 13.6 Å². The van der Waals surface area contributed by atoms with Gasteiger partial charge in [0.1, 0.15) is 11.6 Å². The number of hydrogen-bond acceptors (Lipinski definition) is 4. The van der Waals surface area contributed by atoms with Crippen molar-refractivity contribution in [3.63, 3.8) is 0 Å². The number of halogens is 2. The van der Waals surface area contributed by atoms with Gasteiger partial charge in [-0.25, -0.2) is 4.98 Å². The Morgan fingerprint density at radius 2 is 2.16 bits per heavy atom. The number of nitrogens with zero attached hydrogens (tertiary/aromatic N) is 3. The van der Waals surface area contributed by atoms with Gasteiger partial charge in [0, 0.05) is 53.2 Å². The van der Waals surface area contributed by atoms with Crippen molar-refractivity contribution >= 4 is 16.9 Å². The SMILES string of the molecule is [2H]C([2H])([2H])N1C(=O)c2cccc(OC(F)F)c2[C@H]2C[C@@H]1c1nc3ccc(C#CC4CNC4)cc3n12. The molecule has 2 bridgehead atoms. The summed E-state index contributed by atoms with van der Waals surface area (Å²) in [5.74, 6) is 6.19. The highest BCUT2D eigenvalue weighted by Gasteiger charge is 2.45. The van der Waals surface area contributed by atoms with Gasteiger partial charge in [0.2, 0.25) is 0 Å². The Kier molecular flexibility index (Phi) is 3.57. The maximum absolute atomic E-state index is 13.4. The Morgan fingerprint density at radius 3 is 2.91 bits per heavy atom. The second kappa shape index (κ2) is 7.04. The number of aromatic nitrogens is 2. The number of amides is 1. The molecule has 4 heterocycles. The fourth-order valence-electron chi connectivity index (χ4n) is 4.76. The van der Waals surface area contributed by atoms with Crippen molar-refractivity contribution in [1.29, 1.82) is 0 Å². The molecule has 0 radical (unpaired) electrons. The third kappa shape index (κ3) is 2.81. The summed E-state index contributed by atoms with van der Waals surface area (Å²) in [6.45, 7) is -4.15. The van der Waals surface area contributed by atoms with Crippen LogP contribution in [-0.2, 0) is 0 Å². The maximum atomic E-state index is 13.4. The zero-order valence-corrected chi connectivity index (χ0v) is 16.8. The summed E-state index contributed by atoms with van der Waals surface area (Å²) >= 11 is 0. The minimum atomic E-state index is -3.10. The van der Waals surface area contributed by atoms with Gasteiger partial charge in [0.25, 0.3) is 5.91 Å². The molecule has 162 valence electrons. The van der Waals surface area contributed by atoms with E-state index in [2.05, 4.69) is 22.1 Å². The summed E-state index contributed by atoms with van der Waals surface area (Å²) in [4.78, 5) is 19.0. The first kappa shape index (κ1) is 16.2. The quantitative estimate of drug-likeness (QED) is 0.625. The van der Waals surface area contributed by atoms with Gasteiger partial charge in [-0.3, -0.25) is 4.79 Å². The predicted octanol–water partition coefficient (Wildman–Crippen LogP) is 3.33. The van der Waals surface area contributed by atoms with Crippen LogP contribution in [0.15, 0.2) is 36.4 Å². The molecule has 1 saturated heterocycles. The number of hydrogen-bond donors (Lipinski definition) is 1. The average Bonchev–Trinajstić information content (AvgIpc) is 3.24. The Balaban J connectivity index is 1.58. The van der Waals surface area contributed by atoms with Gasteiger partial charge in [0.15, 0.2) is 0 Å². The molecule has 32 heavy (non-hydrogen) atoms. The van der Waals surface area contributed by atoms with E-state index in [-0.39, 0.29) is 23.3 Å². The molecule has 2 aromatic carbocycles. The molecular formula is C24H20F2N4O2. The number of carbonyl (C=O) groups excluding carboxylic acids is 1. The fraction of sp³-hybridized carbons (Fsp3) is 0.333. The van der Waals surface area contributed by atoms with Crippen molar-refractivity contribution in [2.75, 3.05) is 20.1 Å². The van der Waals surface area contributed by atoms with E-state index in [1.54, 1.807) is 6.07 Å². The topological polar surface area (TPSA) is 59.4 Å². The second-order valence-electron chi connectivity index (χ2n) is 8.21. The normalized spacial score (nSPS) is 23.4. The van der Waals surface area contributed by atoms with Crippen LogP contribution in [0.3, 0.4) is 0 Å². The van der Waals surface area contributed by atoms with Crippen LogP contribution in [-0.4, -0.2) is 47.0 Å². The van der Waals surface area contributed by atoms with Gasteiger partial charge in [-0.15, -0.1) is 0 Å². The lowest BCUT2D eigenvalue weighted by Crippen LogP contribution is -2.40. The monoisotopic (exact) mass is 437 g/mol. The zero-order valence-electron chi connectivity index (χ0n) is 19.8. The first-order chi connectivity index (χ1) is 16.7. The summed E-state index contributed by atoms with van der Waals surface area (Å²) in [5.41, 5.74) is 2.35. The third-order valence-electron chi connectivity index (χ3n) is 6.35. The molecule has 0 saturated carbocycles. The summed E-state index contributed by atoms with van der Waals surface area (Å²) < 4.78 is 57.4. The maximum Gasteiger partial charge on any atom is 0.387 e. The van der Waals surface area contributed by atoms with Crippen LogP contribution in [0.4, 0.5) is 8.78 Å². The first-order valence-electron chi connectivity index (χ1n) is 11.9. The molecule has 2 atom stereocenters. The van der Waals surface area contributed by atoms with E-state index < -0.39 is 31.6 Å². The molecule has 1 N–H and O–H groups in total. The van der Waals surface area contributed by atoms with Crippen molar-refractivity contribution in [2.45, 2.75) is 25.1 Å². The lowest BCUT2D eigenvalue weighted by atomic mass is 9.97. The Labute approximate surface area is 187 Å². The number of nitrogens with one attached hydrogen (secondary N) is 1. The number of benzene rings is 2. The molecule has 1 fully saturated rings. The average molecular weight is 437 g/mol. The van der Waals surface area contributed by atoms with Crippen molar-refractivity contribution < 1.29 is 22.4 Å². The van der Waals surface area contributed by atoms with Crippen LogP contribution in [0.2, 0.25) is 0 Å². The van der Waals surface area contributed by atoms with Gasteiger partial charge < -0.3 is 19.5 Å². The molecule has 3 aliphatic rings. The van der Waals surface area contributed by atoms with Gasteiger partial charge in [-0.05, 0) is 30.3 Å². The summed E-state index contributed by atoms with van der Waals surface area (Å²) in [5, 5.41) is 3.18. The van der Waals surface area contributed by atoms with Gasteiger partial charge in [-0.2, -0.15) is 8.78 Å². The molecule has 6 nitrogen and oxygen atoms in total. The standard InChI is InChI=1S/C24H20F2N4O2/c1-29-19-10-18(21-15(23(29)31)3-2-4-20(21)32-24(25)26)30-17-9-13(5-6-14-11-27-12-14)7-8-16(17)28-22(19)30/h2-4,7-9,14,18-19,24,27H,10-12H2,1H3/t18-,19-/m1/s1/i1D3. The number of carbonyl (C=O) groups is 1. The molecule has 1 amide bonds. The first-order valence-corrected chi connectivity index (χ1v) is 10.4. The van der Waals surface area contributed by atoms with E-state index in [4.69, 9.17) is 8.85 Å². The van der Waals surface area contributed by atoms with E-state index in [0.717, 1.165) is 23.6 Å². The number of rotatable bonds is 2. The van der Waals surface area contributed by atoms with E-state index in [0.29, 0.717) is 22.8 Å². The Hall–Kier alpha value is -3.44. The largest absolute Gasteiger partial charge is 0.434 e. The lowest BCUT2D eigenvalue weighted by Gasteiger charge is -2.24. The molecule has 0 unspecified atom stereocenters. The third-order valence-corrected chi connectivity index (χ3v) is 6.35. The highest BCUT2D eigenvalue weighted by atomic mass is 19.3. The van der Waals surface area contributed by atoms with Crippen LogP contribution in [0.25, 0.3) is 11.0 Å². The predicted molar refractivity (Wildman–Crippen MR) is 114 cm³/mol. The number of alkyl halides is 2. The molecular weight excluding hydrogens is 414 g/mol. The second-order valence-corrected chi connectivity index (χ2v) is 8.21. The van der Waals surface area contributed by atoms with Crippen LogP contribution in [0.5, 0.6) is 5.75 Å². The number of fused-ring (bicyclic) bond motifs is 9. The van der Waals surface area contributed by atoms with Crippen molar-refractivity contribution in [1.82, 2.24) is 19.8 Å². The molecule has 3 aromatic rings. The molecule has 3 aliphatic heterocycles. The zero-order chi connectivity index (χ0) is 24.5. The van der Waals surface area contributed by atoms with Crippen LogP contribution >= 0.6 is 0 Å². The van der Waals surface area contributed by atoms with Crippen LogP contribution in [0.1, 0.15) is 49.9 Å². The van der Waals surface area contributed by atoms with Crippen LogP contribution < -0.4 is 10.1 Å². The molecule has 6 rings (SSSR count). The fourth-order valence-corrected chi connectivity index (χ4v) is 4.76. The highest BCUT2D eigenvalue weighted by Crippen LogP contribution is 2.49. The van der Waals surface area contributed by atoms with Gasteiger partial charge in [-0.1, -0.05) is 17.9 Å². The minimum Gasteiger partial charge on any atom is -0.434 e. The van der Waals surface area contributed by atoms with E-state index >= 15 is 0 Å². The molecule has 8 heteroatoms. The van der Waals surface area contributed by atoms with Crippen molar-refractivity contribution in [3.8, 4) is 17.6 Å². The number of ether oxygens (including phenoxy) is 1. The number of imidazole rings is 1. The molecule has 0 spiro atoms. The summed E-state index contributed by atoms with van der Waals surface area (Å²) in [6, 6.07) is 8.31.